The van der Waals surface area contributed by atoms with Crippen molar-refractivity contribution in [2.75, 3.05) is 99.2 Å². The van der Waals surface area contributed by atoms with Crippen LogP contribution in [-0.4, -0.2) is 216 Å². The number of aliphatic carboxylic acids is 3. The highest BCUT2D eigenvalue weighted by atomic mass is 79.9. The van der Waals surface area contributed by atoms with Crippen molar-refractivity contribution in [2.24, 2.45) is 15.0 Å². The SMILES string of the molecule is CCOC(=O)C1=C(CN2CCOC[C@@H]2CCC(=O)O)NC(c2nccs2)=N[C@H]1c1ccc(F)cc1Cl.CCOC(=O)C1=C(CN2CCOC[C@H]2CCC(=O)O)NC(c2nccs2)=N[C@H]1c1ccc(F)cc1Cl.COC(=O)C1=C(CN2CCOC[C@@H]2CCC(=O)O)NC(c2nccs2)=N[C@H]1c1ccc(F)cc1Br. The number of methoxy groups -OCH3 is 1. The first-order chi connectivity index (χ1) is 51.6. The van der Waals surface area contributed by atoms with Crippen molar-refractivity contribution in [3.8, 4) is 0 Å². The van der Waals surface area contributed by atoms with Crippen LogP contribution in [0.3, 0.4) is 0 Å². The molecule has 6 N–H and O–H groups in total. The van der Waals surface area contributed by atoms with Gasteiger partial charge in [-0.3, -0.25) is 44.1 Å². The second-order valence-electron chi connectivity index (χ2n) is 24.5. The molecule has 107 heavy (non-hydrogen) atoms. The predicted octanol–water partition coefficient (Wildman–Crippen LogP) is 9.95. The zero-order valence-corrected chi connectivity index (χ0v) is 63.6. The van der Waals surface area contributed by atoms with E-state index in [4.69, 9.17) is 81.9 Å². The molecule has 0 unspecified atom stereocenters. The Hall–Kier alpha value is -8.39. The molecular formula is C71H76BrCl2F3N12O15S3. The lowest BCUT2D eigenvalue weighted by molar-refractivity contribution is -0.140. The minimum absolute atomic E-state index is 0.00136. The predicted molar refractivity (Wildman–Crippen MR) is 396 cm³/mol. The molecule has 9 heterocycles. The van der Waals surface area contributed by atoms with E-state index in [1.54, 1.807) is 38.5 Å². The number of carbonyl (C=O) groups excluding carboxylic acids is 3. The number of aromatic nitrogens is 3. The van der Waals surface area contributed by atoms with E-state index in [2.05, 4.69) is 61.5 Å². The van der Waals surface area contributed by atoms with Gasteiger partial charge in [-0.2, -0.15) is 0 Å². The van der Waals surface area contributed by atoms with Crippen molar-refractivity contribution in [2.45, 2.75) is 88.6 Å². The molecule has 3 saturated heterocycles. The number of carbonyl (C=O) groups is 6. The summed E-state index contributed by atoms with van der Waals surface area (Å²) in [6, 6.07) is 9.25. The summed E-state index contributed by atoms with van der Waals surface area (Å²) in [5, 5.41) is 44.9. The molecule has 27 nitrogen and oxygen atoms in total. The highest BCUT2D eigenvalue weighted by molar-refractivity contribution is 9.10. The Kier molecular flexibility index (Phi) is 29.7. The highest BCUT2D eigenvalue weighted by Crippen LogP contribution is 2.41. The molecule has 3 aromatic heterocycles. The Morgan fingerprint density at radius 2 is 0.850 bits per heavy atom. The van der Waals surface area contributed by atoms with Crippen LogP contribution < -0.4 is 16.0 Å². The summed E-state index contributed by atoms with van der Waals surface area (Å²) in [6.07, 6.45) is 6.19. The highest BCUT2D eigenvalue weighted by Gasteiger charge is 2.40. The third-order valence-corrected chi connectivity index (χ3v) is 21.3. The number of nitrogens with zero attached hydrogens (tertiary/aromatic N) is 9. The molecule has 6 aliphatic heterocycles. The first kappa shape index (κ1) is 81.1. The maximum atomic E-state index is 13.8. The van der Waals surface area contributed by atoms with Gasteiger partial charge in [0.1, 0.15) is 35.6 Å². The van der Waals surface area contributed by atoms with Crippen LogP contribution in [0.15, 0.2) is 143 Å². The van der Waals surface area contributed by atoms with Gasteiger partial charge >= 0.3 is 35.8 Å². The van der Waals surface area contributed by atoms with Crippen LogP contribution in [0.5, 0.6) is 0 Å². The molecule has 6 aromatic rings. The fraction of sp³-hybridized carbons (Fsp3) is 0.408. The molecule has 0 aliphatic carbocycles. The van der Waals surface area contributed by atoms with Crippen LogP contribution in [0.4, 0.5) is 13.2 Å². The Labute approximate surface area is 643 Å². The number of esters is 3. The van der Waals surface area contributed by atoms with Gasteiger partial charge in [-0.1, -0.05) is 57.3 Å². The normalized spacial score (nSPS) is 20.7. The fourth-order valence-corrected chi connectivity index (χ4v) is 15.4. The summed E-state index contributed by atoms with van der Waals surface area (Å²) >= 11 is 20.4. The number of amidine groups is 3. The second-order valence-corrected chi connectivity index (χ2v) is 28.9. The first-order valence-electron chi connectivity index (χ1n) is 33.9. The van der Waals surface area contributed by atoms with Crippen LogP contribution in [0, 0.1) is 17.5 Å². The van der Waals surface area contributed by atoms with Crippen molar-refractivity contribution < 1.29 is 85.7 Å². The Morgan fingerprint density at radius 3 is 1.15 bits per heavy atom. The number of hydrogen-bond acceptors (Lipinski definition) is 27. The lowest BCUT2D eigenvalue weighted by Gasteiger charge is -2.37. The van der Waals surface area contributed by atoms with Crippen LogP contribution in [-0.2, 0) is 57.2 Å². The number of carboxylic acid groups (broad SMARTS) is 3. The van der Waals surface area contributed by atoms with Crippen molar-refractivity contribution in [3.05, 3.63) is 187 Å². The minimum Gasteiger partial charge on any atom is -0.481 e. The molecule has 0 spiro atoms. The molecule has 3 aromatic carbocycles. The first-order valence-corrected chi connectivity index (χ1v) is 38.1. The number of benzene rings is 3. The molecule has 36 heteroatoms. The number of thiazole rings is 3. The van der Waals surface area contributed by atoms with Gasteiger partial charge in [0.2, 0.25) is 0 Å². The quantitative estimate of drug-likeness (QED) is 0.0217. The van der Waals surface area contributed by atoms with Gasteiger partial charge in [0.15, 0.2) is 32.5 Å². The molecule has 570 valence electrons. The summed E-state index contributed by atoms with van der Waals surface area (Å²) in [7, 11) is 1.30. The third-order valence-electron chi connectivity index (χ3n) is 17.7. The smallest absolute Gasteiger partial charge is 0.338 e. The van der Waals surface area contributed by atoms with E-state index in [1.165, 1.54) is 89.7 Å². The monoisotopic (exact) mass is 1640 g/mol. The standard InChI is InChI=1S/2C24H26ClFN4O5S.C23H24BrFN4O5S/c2*1-2-35-24(33)20-18(12-30-8-9-34-13-15(30)4-6-19(31)32)28-22(23-27-7-10-36-23)29-21(20)16-5-3-14(26)11-17(16)25;1-33-23(32)19-17(11-29-7-8-34-12-14(29)3-5-18(30)31)27-21(22-26-6-9-35-22)28-20(19)15-4-2-13(25)10-16(15)24/h2*3,5,7,10-11,15,21H,2,4,6,8-9,12-13H2,1H3,(H,28,29)(H,31,32);2,4,6,9-10,14,20H,3,5,7-8,11-12H2,1H3,(H,27,28)(H,30,31)/t15-,21+;15-,21-;14-,20-/m100/s1. The molecule has 0 radical (unpaired) electrons. The van der Waals surface area contributed by atoms with E-state index in [9.17, 15) is 41.9 Å². The number of aliphatic imine (C=N–C) groups is 3. The molecule has 0 amide bonds. The molecule has 12 rings (SSSR count). The van der Waals surface area contributed by atoms with Crippen LogP contribution in [0.2, 0.25) is 10.0 Å². The van der Waals surface area contributed by atoms with Crippen LogP contribution in [0.1, 0.15) is 102 Å². The van der Waals surface area contributed by atoms with Gasteiger partial charge in [-0.05, 0) is 75.1 Å². The number of halogens is 6. The summed E-state index contributed by atoms with van der Waals surface area (Å²) in [5.74, 6) is -4.37. The van der Waals surface area contributed by atoms with Crippen molar-refractivity contribution >= 4 is 126 Å². The average Bonchev–Trinajstić information content (AvgIpc) is 1.47. The van der Waals surface area contributed by atoms with Crippen LogP contribution >= 0.6 is 73.1 Å². The Balaban J connectivity index is 0.000000172. The maximum absolute atomic E-state index is 13.8. The zero-order chi connectivity index (χ0) is 76.3. The van der Waals surface area contributed by atoms with E-state index in [-0.39, 0.29) is 71.8 Å². The van der Waals surface area contributed by atoms with Gasteiger partial charge in [0, 0.05) is 154 Å². The number of ether oxygens (including phenoxy) is 6. The van der Waals surface area contributed by atoms with E-state index in [1.807, 2.05) is 16.1 Å². The lowest BCUT2D eigenvalue weighted by atomic mass is 9.94. The summed E-state index contributed by atoms with van der Waals surface area (Å²) < 4.78 is 74.7. The number of carboxylic acids is 3. The largest absolute Gasteiger partial charge is 0.481 e. The van der Waals surface area contributed by atoms with Crippen molar-refractivity contribution in [1.82, 2.24) is 45.6 Å². The Morgan fingerprint density at radius 1 is 0.523 bits per heavy atom. The topological polar surface area (TPSA) is 340 Å². The van der Waals surface area contributed by atoms with Gasteiger partial charge in [0.25, 0.3) is 0 Å². The molecule has 0 saturated carbocycles. The van der Waals surface area contributed by atoms with Crippen LogP contribution in [0.25, 0.3) is 0 Å². The summed E-state index contributed by atoms with van der Waals surface area (Å²) in [4.78, 5) is 107. The molecule has 6 aliphatic rings. The summed E-state index contributed by atoms with van der Waals surface area (Å²) in [5.41, 5.74) is 3.98. The number of nitrogens with one attached hydrogen (secondary N) is 3. The second kappa shape index (κ2) is 39.1. The van der Waals surface area contributed by atoms with Gasteiger partial charge < -0.3 is 59.7 Å². The molecule has 3 fully saturated rings. The Bertz CT molecular complexity index is 4190. The lowest BCUT2D eigenvalue weighted by Crippen LogP contribution is -2.49. The fourth-order valence-electron chi connectivity index (χ4n) is 12.6. The third kappa shape index (κ3) is 21.5. The molecule has 6 atom stereocenters. The summed E-state index contributed by atoms with van der Waals surface area (Å²) in [6.45, 7) is 8.92. The maximum Gasteiger partial charge on any atom is 0.338 e. The number of rotatable bonds is 26. The average molecular weight is 1640 g/mol. The van der Waals surface area contributed by atoms with Crippen molar-refractivity contribution in [1.29, 1.82) is 0 Å². The minimum atomic E-state index is -0.882. The van der Waals surface area contributed by atoms with Gasteiger partial charge in [-0.25, -0.2) is 42.5 Å². The number of morpholine rings is 3. The zero-order valence-electron chi connectivity index (χ0n) is 58.0. The number of hydrogen-bond donors (Lipinski definition) is 6. The van der Waals surface area contributed by atoms with E-state index >= 15 is 0 Å². The molecule has 0 bridgehead atoms. The molecular weight excluding hydrogens is 1560 g/mol. The van der Waals surface area contributed by atoms with E-state index < -0.39 is 71.4 Å². The van der Waals surface area contributed by atoms with E-state index in [0.29, 0.717) is 175 Å². The van der Waals surface area contributed by atoms with Crippen molar-refractivity contribution in [3.63, 3.8) is 0 Å². The van der Waals surface area contributed by atoms with Gasteiger partial charge in [-0.15, -0.1) is 34.0 Å². The van der Waals surface area contributed by atoms with Gasteiger partial charge in [0.05, 0.1) is 76.7 Å². The van der Waals surface area contributed by atoms with E-state index in [0.717, 1.165) is 0 Å².